The van der Waals surface area contributed by atoms with Crippen molar-refractivity contribution in [2.45, 2.75) is 0 Å². The molecule has 0 bridgehead atoms. The molecule has 15 heavy (non-hydrogen) atoms. The number of carbonyl (C=O) groups excluding carboxylic acids is 1. The van der Waals surface area contributed by atoms with Gasteiger partial charge in [0.05, 0.1) is 11.3 Å². The van der Waals surface area contributed by atoms with Crippen molar-refractivity contribution in [3.63, 3.8) is 0 Å². The van der Waals surface area contributed by atoms with Gasteiger partial charge in [-0.3, -0.25) is 4.79 Å². The molecule has 2 rings (SSSR count). The number of fused-ring (bicyclic) bond motifs is 1. The smallest absolute Gasteiger partial charge is 0.335 e. The number of nitrogens with two attached hydrogens (primary N) is 1. The normalized spacial score (nSPS) is 23.9. The van der Waals surface area contributed by atoms with E-state index in [-0.39, 0.29) is 11.5 Å². The lowest BCUT2D eigenvalue weighted by atomic mass is 9.93. The van der Waals surface area contributed by atoms with Gasteiger partial charge in [-0.15, -0.1) is 0 Å². The van der Waals surface area contributed by atoms with E-state index in [0.29, 0.717) is 5.71 Å². The Morgan fingerprint density at radius 1 is 1.40 bits per heavy atom. The van der Waals surface area contributed by atoms with Crippen LogP contribution in [0.15, 0.2) is 33.8 Å². The molecule has 1 atom stereocenters. The Morgan fingerprint density at radius 2 is 2.13 bits per heavy atom. The molecule has 0 aromatic carbocycles. The average Bonchev–Trinajstić information content (AvgIpc) is 2.16. The summed E-state index contributed by atoms with van der Waals surface area (Å²) in [5.74, 6) is -2.38. The first kappa shape index (κ1) is 9.32. The zero-order chi connectivity index (χ0) is 11.0. The summed E-state index contributed by atoms with van der Waals surface area (Å²) in [4.78, 5) is 29.4. The van der Waals surface area contributed by atoms with Crippen LogP contribution in [0.3, 0.4) is 0 Å². The molecular formula is C9H7N3O3. The van der Waals surface area contributed by atoms with E-state index in [4.69, 9.17) is 10.8 Å². The van der Waals surface area contributed by atoms with Gasteiger partial charge in [0.25, 0.3) is 5.91 Å². The number of aliphatic carboxylic acids is 1. The third-order valence-corrected chi connectivity index (χ3v) is 2.08. The Bertz CT molecular complexity index is 471. The number of guanidine groups is 1. The zero-order valence-electron chi connectivity index (χ0n) is 7.54. The molecule has 6 heteroatoms. The highest BCUT2D eigenvalue weighted by molar-refractivity contribution is 6.21. The Hall–Kier alpha value is -2.24. The van der Waals surface area contributed by atoms with E-state index in [0.717, 1.165) is 0 Å². The van der Waals surface area contributed by atoms with Crippen LogP contribution in [0, 0.1) is 5.92 Å². The van der Waals surface area contributed by atoms with E-state index in [2.05, 4.69) is 9.98 Å². The number of carbonyl (C=O) groups is 2. The molecule has 0 aromatic rings. The lowest BCUT2D eigenvalue weighted by molar-refractivity contribution is -0.132. The molecule has 1 unspecified atom stereocenters. The van der Waals surface area contributed by atoms with Crippen molar-refractivity contribution in [1.82, 2.24) is 0 Å². The van der Waals surface area contributed by atoms with Gasteiger partial charge in [-0.2, -0.15) is 4.99 Å². The first-order chi connectivity index (χ1) is 7.08. The molecule has 3 N–H and O–H groups in total. The number of hydrogen-bond acceptors (Lipinski definition) is 4. The zero-order valence-corrected chi connectivity index (χ0v) is 7.54. The minimum Gasteiger partial charge on any atom is -0.478 e. The molecular weight excluding hydrogens is 198 g/mol. The quantitative estimate of drug-likeness (QED) is 0.600. The number of aliphatic imine (C=N–C) groups is 2. The summed E-state index contributed by atoms with van der Waals surface area (Å²) in [5.41, 5.74) is 5.78. The molecule has 0 fully saturated rings. The summed E-state index contributed by atoms with van der Waals surface area (Å²) in [5, 5.41) is 8.74. The Morgan fingerprint density at radius 3 is 2.80 bits per heavy atom. The van der Waals surface area contributed by atoms with Gasteiger partial charge in [-0.1, -0.05) is 6.08 Å². The van der Waals surface area contributed by atoms with Crippen molar-refractivity contribution in [3.05, 3.63) is 23.8 Å². The van der Waals surface area contributed by atoms with Crippen LogP contribution >= 0.6 is 0 Å². The maximum absolute atomic E-state index is 11.4. The Labute approximate surface area is 84.5 Å². The largest absolute Gasteiger partial charge is 0.478 e. The molecule has 2 aliphatic rings. The van der Waals surface area contributed by atoms with Gasteiger partial charge in [0.2, 0.25) is 5.96 Å². The van der Waals surface area contributed by atoms with E-state index in [1.165, 1.54) is 18.2 Å². The third kappa shape index (κ3) is 1.56. The van der Waals surface area contributed by atoms with Gasteiger partial charge < -0.3 is 10.8 Å². The number of carboxylic acid groups (broad SMARTS) is 1. The number of carboxylic acids is 1. The van der Waals surface area contributed by atoms with Gasteiger partial charge in [0.1, 0.15) is 5.92 Å². The van der Waals surface area contributed by atoms with Gasteiger partial charge in [-0.25, -0.2) is 9.79 Å². The third-order valence-electron chi connectivity index (χ3n) is 2.08. The predicted molar refractivity (Wildman–Crippen MR) is 52.4 cm³/mol. The molecule has 0 aromatic heterocycles. The number of nitrogens with zero attached hydrogens (tertiary/aromatic N) is 2. The molecule has 76 valence electrons. The lowest BCUT2D eigenvalue weighted by Crippen LogP contribution is -2.31. The Balaban J connectivity index is 2.41. The van der Waals surface area contributed by atoms with E-state index in [1.807, 2.05) is 0 Å². The van der Waals surface area contributed by atoms with Crippen molar-refractivity contribution >= 4 is 23.5 Å². The van der Waals surface area contributed by atoms with E-state index in [9.17, 15) is 9.59 Å². The summed E-state index contributed by atoms with van der Waals surface area (Å²) < 4.78 is 0. The minimum atomic E-state index is -1.08. The van der Waals surface area contributed by atoms with E-state index < -0.39 is 17.8 Å². The number of allylic oxidation sites excluding steroid dienone is 1. The maximum atomic E-state index is 11.4. The van der Waals surface area contributed by atoms with Crippen LogP contribution < -0.4 is 5.73 Å². The van der Waals surface area contributed by atoms with Crippen LogP contribution in [0.1, 0.15) is 0 Å². The molecule has 1 aliphatic heterocycles. The van der Waals surface area contributed by atoms with Crippen LogP contribution in [0.5, 0.6) is 0 Å². The maximum Gasteiger partial charge on any atom is 0.335 e. The first-order valence-corrected chi connectivity index (χ1v) is 4.17. The van der Waals surface area contributed by atoms with Gasteiger partial charge >= 0.3 is 5.97 Å². The van der Waals surface area contributed by atoms with Crippen LogP contribution in [-0.2, 0) is 9.59 Å². The van der Waals surface area contributed by atoms with Crippen molar-refractivity contribution in [2.75, 3.05) is 0 Å². The number of hydrogen-bond donors (Lipinski definition) is 2. The SMILES string of the molecule is NC1=NC(=O)C2C=C(C(=O)O)C=CC2=N1. The topological polar surface area (TPSA) is 105 Å². The van der Waals surface area contributed by atoms with E-state index >= 15 is 0 Å². The van der Waals surface area contributed by atoms with Crippen molar-refractivity contribution in [3.8, 4) is 0 Å². The summed E-state index contributed by atoms with van der Waals surface area (Å²) in [6.45, 7) is 0. The molecule has 1 heterocycles. The standard InChI is InChI=1S/C9H7N3O3/c10-9-11-6-2-1-4(8(14)15)3-5(6)7(13)12-9/h1-3,5H,(H,14,15)(H2,10,12,13). The van der Waals surface area contributed by atoms with Crippen LogP contribution in [-0.4, -0.2) is 28.7 Å². The lowest BCUT2D eigenvalue weighted by Gasteiger charge is -2.17. The van der Waals surface area contributed by atoms with Gasteiger partial charge in [0, 0.05) is 0 Å². The monoisotopic (exact) mass is 205 g/mol. The number of amides is 1. The highest BCUT2D eigenvalue weighted by Gasteiger charge is 2.28. The Kier molecular flexibility index (Phi) is 1.96. The molecule has 0 saturated heterocycles. The second kappa shape index (κ2) is 3.16. The van der Waals surface area contributed by atoms with Crippen molar-refractivity contribution < 1.29 is 14.7 Å². The van der Waals surface area contributed by atoms with Crippen LogP contribution in [0.2, 0.25) is 0 Å². The second-order valence-corrected chi connectivity index (χ2v) is 3.08. The van der Waals surface area contributed by atoms with Gasteiger partial charge in [0.15, 0.2) is 0 Å². The molecule has 1 aliphatic carbocycles. The van der Waals surface area contributed by atoms with Crippen molar-refractivity contribution in [1.29, 1.82) is 0 Å². The van der Waals surface area contributed by atoms with E-state index in [1.54, 1.807) is 0 Å². The first-order valence-electron chi connectivity index (χ1n) is 4.17. The van der Waals surface area contributed by atoms with Crippen molar-refractivity contribution in [2.24, 2.45) is 21.6 Å². The number of rotatable bonds is 1. The predicted octanol–water partition coefficient (Wildman–Crippen LogP) is -0.521. The minimum absolute atomic E-state index is 0.0583. The molecule has 6 nitrogen and oxygen atoms in total. The highest BCUT2D eigenvalue weighted by Crippen LogP contribution is 2.19. The van der Waals surface area contributed by atoms with Crippen LogP contribution in [0.25, 0.3) is 0 Å². The fourth-order valence-corrected chi connectivity index (χ4v) is 1.39. The van der Waals surface area contributed by atoms with Gasteiger partial charge in [-0.05, 0) is 12.2 Å². The fourth-order valence-electron chi connectivity index (χ4n) is 1.39. The summed E-state index contributed by atoms with van der Waals surface area (Å²) in [6, 6.07) is 0. The summed E-state index contributed by atoms with van der Waals surface area (Å²) in [7, 11) is 0. The fraction of sp³-hybridized carbons (Fsp3) is 0.111. The second-order valence-electron chi connectivity index (χ2n) is 3.08. The highest BCUT2D eigenvalue weighted by atomic mass is 16.4. The molecule has 0 radical (unpaired) electrons. The van der Waals surface area contributed by atoms with Crippen LogP contribution in [0.4, 0.5) is 0 Å². The molecule has 0 saturated carbocycles. The summed E-state index contributed by atoms with van der Waals surface area (Å²) >= 11 is 0. The molecule has 1 amide bonds. The molecule has 0 spiro atoms. The summed E-state index contributed by atoms with van der Waals surface area (Å²) in [6.07, 6.45) is 4.16. The average molecular weight is 205 g/mol.